The van der Waals surface area contributed by atoms with E-state index in [4.69, 9.17) is 5.73 Å². The second-order valence-electron chi connectivity index (χ2n) is 5.30. The summed E-state index contributed by atoms with van der Waals surface area (Å²) >= 11 is 0. The third-order valence-corrected chi connectivity index (χ3v) is 3.66. The Bertz CT molecular complexity index is 317. The summed E-state index contributed by atoms with van der Waals surface area (Å²) in [6.45, 7) is 9.45. The number of hydrogen-bond acceptors (Lipinski definition) is 3. The minimum absolute atomic E-state index is 0.00658. The van der Waals surface area contributed by atoms with Crippen molar-refractivity contribution in [2.24, 2.45) is 11.7 Å². The van der Waals surface area contributed by atoms with Crippen LogP contribution >= 0.6 is 0 Å². The van der Waals surface area contributed by atoms with E-state index in [2.05, 4.69) is 0 Å². The van der Waals surface area contributed by atoms with E-state index in [1.165, 1.54) is 0 Å². The molecule has 5 heteroatoms. The van der Waals surface area contributed by atoms with Gasteiger partial charge in [0.05, 0.1) is 12.1 Å². The van der Waals surface area contributed by atoms with Crippen LogP contribution in [0.1, 0.15) is 34.1 Å². The number of rotatable bonds is 4. The first-order chi connectivity index (χ1) is 8.38. The molecule has 1 rings (SSSR count). The Labute approximate surface area is 109 Å². The van der Waals surface area contributed by atoms with E-state index in [0.29, 0.717) is 19.6 Å². The van der Waals surface area contributed by atoms with Crippen LogP contribution in [0.2, 0.25) is 0 Å². The van der Waals surface area contributed by atoms with Crippen molar-refractivity contribution in [2.75, 3.05) is 19.6 Å². The molecule has 1 fully saturated rings. The molecule has 0 aromatic heterocycles. The van der Waals surface area contributed by atoms with Crippen LogP contribution in [0, 0.1) is 5.92 Å². The largest absolute Gasteiger partial charge is 0.339 e. The lowest BCUT2D eigenvalue weighted by atomic mass is 10.0. The van der Waals surface area contributed by atoms with Gasteiger partial charge < -0.3 is 15.5 Å². The summed E-state index contributed by atoms with van der Waals surface area (Å²) in [7, 11) is 0. The molecule has 1 heterocycles. The number of nitrogens with two attached hydrogens (primary N) is 1. The molecular weight excluding hydrogens is 230 g/mol. The zero-order chi connectivity index (χ0) is 13.9. The maximum Gasteiger partial charge on any atom is 0.239 e. The van der Waals surface area contributed by atoms with E-state index in [9.17, 15) is 9.59 Å². The SMILES string of the molecule is CCN(C(C)=O)C1CCN(C(=O)C(N)C(C)C)C1. The van der Waals surface area contributed by atoms with Crippen LogP contribution < -0.4 is 5.73 Å². The number of hydrogen-bond donors (Lipinski definition) is 1. The van der Waals surface area contributed by atoms with Crippen molar-refractivity contribution in [2.45, 2.75) is 46.2 Å². The van der Waals surface area contributed by atoms with Crippen molar-refractivity contribution in [1.82, 2.24) is 9.80 Å². The molecule has 2 atom stereocenters. The summed E-state index contributed by atoms with van der Waals surface area (Å²) in [5.74, 6) is 0.226. The zero-order valence-corrected chi connectivity index (χ0v) is 11.8. The number of likely N-dealkylation sites (N-methyl/N-ethyl adjacent to an activating group) is 1. The quantitative estimate of drug-likeness (QED) is 0.792. The fourth-order valence-electron chi connectivity index (χ4n) is 2.43. The summed E-state index contributed by atoms with van der Waals surface area (Å²) in [5.41, 5.74) is 5.88. The van der Waals surface area contributed by atoms with Gasteiger partial charge in [0, 0.05) is 26.6 Å². The van der Waals surface area contributed by atoms with Crippen LogP contribution in [-0.2, 0) is 9.59 Å². The van der Waals surface area contributed by atoms with Gasteiger partial charge >= 0.3 is 0 Å². The standard InChI is InChI=1S/C13H25N3O2/c1-5-16(10(4)17)11-6-7-15(8-11)13(18)12(14)9(2)3/h9,11-12H,5-8,14H2,1-4H3. The third kappa shape index (κ3) is 3.22. The Hall–Kier alpha value is -1.10. The first-order valence-corrected chi connectivity index (χ1v) is 6.70. The molecule has 1 saturated heterocycles. The van der Waals surface area contributed by atoms with Gasteiger partial charge in [-0.15, -0.1) is 0 Å². The van der Waals surface area contributed by atoms with Gasteiger partial charge in [-0.3, -0.25) is 9.59 Å². The molecule has 5 nitrogen and oxygen atoms in total. The first kappa shape index (κ1) is 15.0. The lowest BCUT2D eigenvalue weighted by Gasteiger charge is -2.27. The lowest BCUT2D eigenvalue weighted by molar-refractivity contribution is -0.134. The molecule has 2 N–H and O–H groups in total. The van der Waals surface area contributed by atoms with Crippen molar-refractivity contribution >= 4 is 11.8 Å². The molecule has 0 aromatic carbocycles. The van der Waals surface area contributed by atoms with Gasteiger partial charge in [0.25, 0.3) is 0 Å². The summed E-state index contributed by atoms with van der Waals surface area (Å²) in [5, 5.41) is 0. The van der Waals surface area contributed by atoms with Gasteiger partial charge in [0.1, 0.15) is 0 Å². The van der Waals surface area contributed by atoms with Gasteiger partial charge in [-0.1, -0.05) is 13.8 Å². The molecule has 0 saturated carbocycles. The highest BCUT2D eigenvalue weighted by Crippen LogP contribution is 2.17. The number of likely N-dealkylation sites (tertiary alicyclic amines) is 1. The molecule has 2 amide bonds. The summed E-state index contributed by atoms with van der Waals surface area (Å²) < 4.78 is 0. The summed E-state index contributed by atoms with van der Waals surface area (Å²) in [6.07, 6.45) is 0.851. The smallest absolute Gasteiger partial charge is 0.239 e. The highest BCUT2D eigenvalue weighted by molar-refractivity contribution is 5.82. The minimum Gasteiger partial charge on any atom is -0.339 e. The van der Waals surface area contributed by atoms with Gasteiger partial charge in [-0.2, -0.15) is 0 Å². The highest BCUT2D eigenvalue weighted by atomic mass is 16.2. The van der Waals surface area contributed by atoms with Crippen molar-refractivity contribution in [3.05, 3.63) is 0 Å². The van der Waals surface area contributed by atoms with Gasteiger partial charge in [-0.25, -0.2) is 0 Å². The van der Waals surface area contributed by atoms with Crippen LogP contribution in [0.25, 0.3) is 0 Å². The second kappa shape index (κ2) is 6.18. The molecule has 0 aromatic rings. The number of carbonyl (C=O) groups is 2. The summed E-state index contributed by atoms with van der Waals surface area (Å²) in [4.78, 5) is 27.2. The van der Waals surface area contributed by atoms with Crippen LogP contribution in [0.5, 0.6) is 0 Å². The number of amides is 2. The highest BCUT2D eigenvalue weighted by Gasteiger charge is 2.33. The molecule has 1 aliphatic heterocycles. The van der Waals surface area contributed by atoms with Crippen LogP contribution in [0.15, 0.2) is 0 Å². The van der Waals surface area contributed by atoms with Crippen molar-refractivity contribution in [1.29, 1.82) is 0 Å². The molecule has 2 unspecified atom stereocenters. The van der Waals surface area contributed by atoms with Crippen molar-refractivity contribution in [3.8, 4) is 0 Å². The van der Waals surface area contributed by atoms with Crippen LogP contribution in [0.4, 0.5) is 0 Å². The first-order valence-electron chi connectivity index (χ1n) is 6.70. The average Bonchev–Trinajstić information content (AvgIpc) is 2.76. The molecule has 1 aliphatic rings. The predicted molar refractivity (Wildman–Crippen MR) is 70.9 cm³/mol. The number of carbonyl (C=O) groups excluding carboxylic acids is 2. The maximum absolute atomic E-state index is 12.1. The molecule has 0 radical (unpaired) electrons. The zero-order valence-electron chi connectivity index (χ0n) is 11.8. The fourth-order valence-corrected chi connectivity index (χ4v) is 2.43. The van der Waals surface area contributed by atoms with E-state index in [0.717, 1.165) is 6.42 Å². The Kier molecular flexibility index (Phi) is 5.14. The van der Waals surface area contributed by atoms with E-state index in [1.807, 2.05) is 25.7 Å². The van der Waals surface area contributed by atoms with E-state index in [-0.39, 0.29) is 23.8 Å². The van der Waals surface area contributed by atoms with Crippen molar-refractivity contribution < 1.29 is 9.59 Å². The minimum atomic E-state index is -0.434. The lowest BCUT2D eigenvalue weighted by Crippen LogP contribution is -2.47. The molecule has 0 spiro atoms. The Balaban J connectivity index is 2.60. The van der Waals surface area contributed by atoms with Crippen LogP contribution in [-0.4, -0.2) is 53.3 Å². The van der Waals surface area contributed by atoms with Crippen LogP contribution in [0.3, 0.4) is 0 Å². The van der Waals surface area contributed by atoms with Gasteiger partial charge in [-0.05, 0) is 19.3 Å². The average molecular weight is 255 g/mol. The Morgan fingerprint density at radius 2 is 2.06 bits per heavy atom. The van der Waals surface area contributed by atoms with E-state index < -0.39 is 6.04 Å². The van der Waals surface area contributed by atoms with Crippen molar-refractivity contribution in [3.63, 3.8) is 0 Å². The molecular formula is C13H25N3O2. The molecule has 0 bridgehead atoms. The normalized spacial score (nSPS) is 21.2. The molecule has 104 valence electrons. The maximum atomic E-state index is 12.1. The second-order valence-corrected chi connectivity index (χ2v) is 5.30. The number of nitrogens with zero attached hydrogens (tertiary/aromatic N) is 2. The molecule has 18 heavy (non-hydrogen) atoms. The van der Waals surface area contributed by atoms with E-state index in [1.54, 1.807) is 11.8 Å². The molecule has 0 aliphatic carbocycles. The topological polar surface area (TPSA) is 66.6 Å². The Morgan fingerprint density at radius 1 is 1.44 bits per heavy atom. The summed E-state index contributed by atoms with van der Waals surface area (Å²) in [6, 6.07) is -0.285. The monoisotopic (exact) mass is 255 g/mol. The fraction of sp³-hybridized carbons (Fsp3) is 0.846. The third-order valence-electron chi connectivity index (χ3n) is 3.66. The van der Waals surface area contributed by atoms with Gasteiger partial charge in [0.2, 0.25) is 11.8 Å². The predicted octanol–water partition coefficient (Wildman–Crippen LogP) is 0.439. The van der Waals surface area contributed by atoms with E-state index >= 15 is 0 Å². The van der Waals surface area contributed by atoms with Gasteiger partial charge in [0.15, 0.2) is 0 Å². The Morgan fingerprint density at radius 3 is 2.50 bits per heavy atom.